The summed E-state index contributed by atoms with van der Waals surface area (Å²) in [7, 11) is 0. The largest absolute Gasteiger partial charge is 0.480 e. The first-order chi connectivity index (χ1) is 8.03. The molecule has 1 heterocycles. The Kier molecular flexibility index (Phi) is 5.40. The van der Waals surface area contributed by atoms with Crippen molar-refractivity contribution in [2.75, 3.05) is 19.6 Å². The van der Waals surface area contributed by atoms with Crippen LogP contribution in [0.2, 0.25) is 0 Å². The van der Waals surface area contributed by atoms with E-state index in [2.05, 4.69) is 24.1 Å². The third-order valence-corrected chi connectivity index (χ3v) is 3.73. The van der Waals surface area contributed by atoms with E-state index >= 15 is 0 Å². The maximum atomic E-state index is 11.4. The summed E-state index contributed by atoms with van der Waals surface area (Å²) in [6, 6.07) is 0.567. The Labute approximate surface area is 104 Å². The SMILES string of the molecule is CCCNC(C)(CN1CCCC1CC)C(=O)O. The molecule has 2 N–H and O–H groups in total. The van der Waals surface area contributed by atoms with Crippen molar-refractivity contribution < 1.29 is 9.90 Å². The number of nitrogens with one attached hydrogen (secondary N) is 1. The summed E-state index contributed by atoms with van der Waals surface area (Å²) < 4.78 is 0. The molecule has 0 amide bonds. The van der Waals surface area contributed by atoms with E-state index in [4.69, 9.17) is 0 Å². The highest BCUT2D eigenvalue weighted by atomic mass is 16.4. The number of likely N-dealkylation sites (tertiary alicyclic amines) is 1. The molecule has 4 nitrogen and oxygen atoms in total. The highest BCUT2D eigenvalue weighted by Gasteiger charge is 2.37. The molecule has 1 rings (SSSR count). The fraction of sp³-hybridized carbons (Fsp3) is 0.923. The van der Waals surface area contributed by atoms with Gasteiger partial charge < -0.3 is 10.4 Å². The van der Waals surface area contributed by atoms with Gasteiger partial charge in [-0.25, -0.2) is 0 Å². The predicted octanol–water partition coefficient (Wildman–Crippen LogP) is 1.70. The van der Waals surface area contributed by atoms with Crippen LogP contribution in [0.3, 0.4) is 0 Å². The van der Waals surface area contributed by atoms with Crippen molar-refractivity contribution in [3.63, 3.8) is 0 Å². The number of carboxylic acids is 1. The van der Waals surface area contributed by atoms with Gasteiger partial charge in [0.05, 0.1) is 0 Å². The average Bonchev–Trinajstić information content (AvgIpc) is 2.73. The van der Waals surface area contributed by atoms with Crippen LogP contribution in [-0.2, 0) is 4.79 Å². The molecule has 100 valence electrons. The molecule has 0 spiro atoms. The van der Waals surface area contributed by atoms with E-state index in [0.717, 1.165) is 25.9 Å². The van der Waals surface area contributed by atoms with E-state index in [1.54, 1.807) is 6.92 Å². The van der Waals surface area contributed by atoms with Gasteiger partial charge in [0.1, 0.15) is 5.54 Å². The highest BCUT2D eigenvalue weighted by molar-refractivity contribution is 5.78. The maximum absolute atomic E-state index is 11.4. The molecule has 0 bridgehead atoms. The molecule has 0 aromatic heterocycles. The molecular formula is C13H26N2O2. The van der Waals surface area contributed by atoms with Crippen molar-refractivity contribution in [1.82, 2.24) is 10.2 Å². The Balaban J connectivity index is 2.62. The Morgan fingerprint density at radius 3 is 2.76 bits per heavy atom. The Morgan fingerprint density at radius 1 is 1.53 bits per heavy atom. The number of hydrogen-bond donors (Lipinski definition) is 2. The zero-order chi connectivity index (χ0) is 12.9. The predicted molar refractivity (Wildman–Crippen MR) is 69.2 cm³/mol. The molecule has 2 unspecified atom stereocenters. The van der Waals surface area contributed by atoms with Gasteiger partial charge in [0, 0.05) is 12.6 Å². The third-order valence-electron chi connectivity index (χ3n) is 3.73. The van der Waals surface area contributed by atoms with E-state index in [-0.39, 0.29) is 0 Å². The van der Waals surface area contributed by atoms with E-state index in [0.29, 0.717) is 12.6 Å². The summed E-state index contributed by atoms with van der Waals surface area (Å²) in [5.41, 5.74) is -0.812. The molecule has 1 aliphatic heterocycles. The first kappa shape index (κ1) is 14.5. The molecule has 1 fully saturated rings. The highest BCUT2D eigenvalue weighted by Crippen LogP contribution is 2.22. The number of aliphatic carboxylic acids is 1. The maximum Gasteiger partial charge on any atom is 0.324 e. The molecular weight excluding hydrogens is 216 g/mol. The number of rotatable bonds is 7. The molecule has 2 atom stereocenters. The summed E-state index contributed by atoms with van der Waals surface area (Å²) >= 11 is 0. The molecule has 0 radical (unpaired) electrons. The molecule has 1 saturated heterocycles. The van der Waals surface area contributed by atoms with Crippen molar-refractivity contribution in [3.05, 3.63) is 0 Å². The van der Waals surface area contributed by atoms with Gasteiger partial charge in [-0.3, -0.25) is 9.69 Å². The van der Waals surface area contributed by atoms with Crippen LogP contribution in [0.15, 0.2) is 0 Å². The van der Waals surface area contributed by atoms with Crippen LogP contribution in [0, 0.1) is 0 Å². The van der Waals surface area contributed by atoms with Gasteiger partial charge >= 0.3 is 5.97 Å². The molecule has 17 heavy (non-hydrogen) atoms. The van der Waals surface area contributed by atoms with Gasteiger partial charge in [-0.15, -0.1) is 0 Å². The summed E-state index contributed by atoms with van der Waals surface area (Å²) in [6.45, 7) is 8.44. The lowest BCUT2D eigenvalue weighted by Crippen LogP contribution is -2.57. The second-order valence-corrected chi connectivity index (χ2v) is 5.24. The van der Waals surface area contributed by atoms with Crippen molar-refractivity contribution in [1.29, 1.82) is 0 Å². The Hall–Kier alpha value is -0.610. The molecule has 4 heteroatoms. The Morgan fingerprint density at radius 2 is 2.24 bits per heavy atom. The lowest BCUT2D eigenvalue weighted by atomic mass is 10.0. The normalized spacial score (nSPS) is 24.8. The van der Waals surface area contributed by atoms with Crippen LogP contribution in [-0.4, -0.2) is 47.2 Å². The molecule has 0 aromatic rings. The van der Waals surface area contributed by atoms with Crippen LogP contribution >= 0.6 is 0 Å². The quantitative estimate of drug-likeness (QED) is 0.713. The van der Waals surface area contributed by atoms with Gasteiger partial charge in [-0.2, -0.15) is 0 Å². The second-order valence-electron chi connectivity index (χ2n) is 5.24. The molecule has 0 aliphatic carbocycles. The number of carboxylic acid groups (broad SMARTS) is 1. The molecule has 1 aliphatic rings. The van der Waals surface area contributed by atoms with Crippen LogP contribution < -0.4 is 5.32 Å². The van der Waals surface area contributed by atoms with Crippen molar-refractivity contribution in [2.45, 2.75) is 58.0 Å². The van der Waals surface area contributed by atoms with Crippen LogP contribution in [0.25, 0.3) is 0 Å². The monoisotopic (exact) mass is 242 g/mol. The van der Waals surface area contributed by atoms with Gasteiger partial charge in [0.2, 0.25) is 0 Å². The summed E-state index contributed by atoms with van der Waals surface area (Å²) in [5.74, 6) is -0.743. The van der Waals surface area contributed by atoms with Crippen molar-refractivity contribution >= 4 is 5.97 Å². The smallest absolute Gasteiger partial charge is 0.324 e. The number of hydrogen-bond acceptors (Lipinski definition) is 3. The Bertz CT molecular complexity index is 258. The lowest BCUT2D eigenvalue weighted by molar-refractivity contribution is -0.145. The van der Waals surface area contributed by atoms with Crippen LogP contribution in [0.5, 0.6) is 0 Å². The number of nitrogens with zero attached hydrogens (tertiary/aromatic N) is 1. The van der Waals surface area contributed by atoms with Gasteiger partial charge in [0.25, 0.3) is 0 Å². The fourth-order valence-corrected chi connectivity index (χ4v) is 2.57. The van der Waals surface area contributed by atoms with Gasteiger partial charge in [-0.05, 0) is 45.7 Å². The van der Waals surface area contributed by atoms with E-state index < -0.39 is 11.5 Å². The van der Waals surface area contributed by atoms with E-state index in [1.165, 1.54) is 12.8 Å². The zero-order valence-electron chi connectivity index (χ0n) is 11.3. The topological polar surface area (TPSA) is 52.6 Å². The summed E-state index contributed by atoms with van der Waals surface area (Å²) in [4.78, 5) is 13.8. The van der Waals surface area contributed by atoms with Gasteiger partial charge in [-0.1, -0.05) is 13.8 Å². The minimum absolute atomic E-state index is 0.567. The summed E-state index contributed by atoms with van der Waals surface area (Å²) in [5, 5.41) is 12.6. The fourth-order valence-electron chi connectivity index (χ4n) is 2.57. The minimum Gasteiger partial charge on any atom is -0.480 e. The van der Waals surface area contributed by atoms with E-state index in [1.807, 2.05) is 0 Å². The van der Waals surface area contributed by atoms with Crippen molar-refractivity contribution in [2.24, 2.45) is 0 Å². The van der Waals surface area contributed by atoms with Crippen LogP contribution in [0.1, 0.15) is 46.5 Å². The van der Waals surface area contributed by atoms with Gasteiger partial charge in [0.15, 0.2) is 0 Å². The molecule has 0 saturated carbocycles. The second kappa shape index (κ2) is 6.36. The van der Waals surface area contributed by atoms with E-state index in [9.17, 15) is 9.90 Å². The third kappa shape index (κ3) is 3.68. The first-order valence-corrected chi connectivity index (χ1v) is 6.76. The first-order valence-electron chi connectivity index (χ1n) is 6.76. The standard InChI is InChI=1S/C13H26N2O2/c1-4-8-14-13(3,12(16)17)10-15-9-6-7-11(15)5-2/h11,14H,4-10H2,1-3H3,(H,16,17). The zero-order valence-corrected chi connectivity index (χ0v) is 11.3. The minimum atomic E-state index is -0.812. The van der Waals surface area contributed by atoms with Crippen molar-refractivity contribution in [3.8, 4) is 0 Å². The molecule has 0 aromatic carbocycles. The summed E-state index contributed by atoms with van der Waals surface area (Å²) in [6.07, 6.45) is 4.48. The lowest BCUT2D eigenvalue weighted by Gasteiger charge is -2.34. The number of carbonyl (C=O) groups is 1. The van der Waals surface area contributed by atoms with Crippen LogP contribution in [0.4, 0.5) is 0 Å². The average molecular weight is 242 g/mol.